The van der Waals surface area contributed by atoms with Crippen molar-refractivity contribution < 1.29 is 4.79 Å². The second-order valence-corrected chi connectivity index (χ2v) is 3.09. The Bertz CT molecular complexity index is 289. The summed E-state index contributed by atoms with van der Waals surface area (Å²) in [7, 11) is 0. The first-order valence-corrected chi connectivity index (χ1v) is 4.39. The molecule has 0 atom stereocenters. The van der Waals surface area contributed by atoms with Gasteiger partial charge in [0.15, 0.2) is 0 Å². The summed E-state index contributed by atoms with van der Waals surface area (Å²) in [5, 5.41) is 0. The normalized spacial score (nSPS) is 17.5. The van der Waals surface area contributed by atoms with Crippen molar-refractivity contribution in [3.63, 3.8) is 0 Å². The van der Waals surface area contributed by atoms with Gasteiger partial charge in [0.25, 0.3) is 0 Å². The molecule has 0 saturated carbocycles. The van der Waals surface area contributed by atoms with Crippen molar-refractivity contribution in [1.29, 1.82) is 0 Å². The van der Waals surface area contributed by atoms with E-state index in [0.717, 1.165) is 18.9 Å². The summed E-state index contributed by atoms with van der Waals surface area (Å²) < 4.78 is 0. The Labute approximate surface area is 76.6 Å². The average Bonchev–Trinajstić information content (AvgIpc) is 2.20. The fraction of sp³-hybridized carbons (Fsp3) is 0.444. The Balaban J connectivity index is 2.07. The molecule has 68 valence electrons. The summed E-state index contributed by atoms with van der Waals surface area (Å²) in [5.41, 5.74) is 0. The predicted octanol–water partition coefficient (Wildman–Crippen LogP) is 0.646. The highest BCUT2D eigenvalue weighted by Gasteiger charge is 2.16. The molecule has 1 aliphatic heterocycles. The minimum Gasteiger partial charge on any atom is -0.356 e. The molecule has 0 spiro atoms. The molecule has 2 rings (SSSR count). The summed E-state index contributed by atoms with van der Waals surface area (Å²) in [6.45, 7) is 1.58. The number of carbonyl (C=O) groups is 1. The van der Waals surface area contributed by atoms with Crippen LogP contribution >= 0.6 is 0 Å². The zero-order chi connectivity index (χ0) is 9.10. The Morgan fingerprint density at radius 2 is 2.08 bits per heavy atom. The van der Waals surface area contributed by atoms with Crippen LogP contribution in [0.5, 0.6) is 0 Å². The smallest absolute Gasteiger partial charge is 0.136 e. The number of Topliss-reactive ketones (excluding diaryl/α,β-unsaturated/α-hetero) is 1. The van der Waals surface area contributed by atoms with E-state index < -0.39 is 0 Å². The fourth-order valence-corrected chi connectivity index (χ4v) is 1.46. The van der Waals surface area contributed by atoms with Gasteiger partial charge in [0, 0.05) is 32.1 Å². The van der Waals surface area contributed by atoms with Crippen LogP contribution in [0.4, 0.5) is 5.82 Å². The van der Waals surface area contributed by atoms with Gasteiger partial charge in [-0.2, -0.15) is 0 Å². The third-order valence-corrected chi connectivity index (χ3v) is 2.21. The van der Waals surface area contributed by atoms with Crippen LogP contribution < -0.4 is 4.90 Å². The third kappa shape index (κ3) is 1.83. The highest BCUT2D eigenvalue weighted by molar-refractivity contribution is 5.80. The Morgan fingerprint density at radius 1 is 1.31 bits per heavy atom. The van der Waals surface area contributed by atoms with Gasteiger partial charge in [-0.05, 0) is 6.07 Å². The van der Waals surface area contributed by atoms with Gasteiger partial charge >= 0.3 is 0 Å². The van der Waals surface area contributed by atoms with Gasteiger partial charge in [0.1, 0.15) is 17.9 Å². The van der Waals surface area contributed by atoms with Crippen molar-refractivity contribution in [3.8, 4) is 0 Å². The van der Waals surface area contributed by atoms with Gasteiger partial charge in [-0.3, -0.25) is 4.79 Å². The summed E-state index contributed by atoms with van der Waals surface area (Å²) >= 11 is 0. The molecule has 0 aromatic carbocycles. The molecule has 1 fully saturated rings. The molecular formula is C9H11N3O. The van der Waals surface area contributed by atoms with Crippen molar-refractivity contribution >= 4 is 11.6 Å². The van der Waals surface area contributed by atoms with Gasteiger partial charge in [-0.1, -0.05) is 0 Å². The van der Waals surface area contributed by atoms with Crippen molar-refractivity contribution in [2.24, 2.45) is 0 Å². The van der Waals surface area contributed by atoms with Gasteiger partial charge in [0.2, 0.25) is 0 Å². The lowest BCUT2D eigenvalue weighted by atomic mass is 10.1. The maximum absolute atomic E-state index is 11.0. The first kappa shape index (κ1) is 8.16. The minimum atomic E-state index is 0.352. The molecule has 4 heteroatoms. The highest BCUT2D eigenvalue weighted by Crippen LogP contribution is 2.13. The lowest BCUT2D eigenvalue weighted by molar-refractivity contribution is -0.119. The van der Waals surface area contributed by atoms with Crippen molar-refractivity contribution in [2.45, 2.75) is 12.8 Å². The zero-order valence-corrected chi connectivity index (χ0v) is 7.31. The average molecular weight is 177 g/mol. The number of hydrogen-bond acceptors (Lipinski definition) is 4. The van der Waals surface area contributed by atoms with Crippen molar-refractivity contribution in [2.75, 3.05) is 18.0 Å². The van der Waals surface area contributed by atoms with Gasteiger partial charge < -0.3 is 4.90 Å². The predicted molar refractivity (Wildman–Crippen MR) is 48.5 cm³/mol. The molecule has 0 aliphatic carbocycles. The second kappa shape index (κ2) is 3.51. The molecule has 0 bridgehead atoms. The molecule has 0 amide bonds. The van der Waals surface area contributed by atoms with E-state index in [0.29, 0.717) is 18.6 Å². The van der Waals surface area contributed by atoms with Gasteiger partial charge in [0.05, 0.1) is 0 Å². The van der Waals surface area contributed by atoms with Gasteiger partial charge in [-0.15, -0.1) is 0 Å². The number of nitrogens with zero attached hydrogens (tertiary/aromatic N) is 3. The topological polar surface area (TPSA) is 46.1 Å². The van der Waals surface area contributed by atoms with E-state index in [1.54, 1.807) is 6.20 Å². The number of rotatable bonds is 1. The summed E-state index contributed by atoms with van der Waals surface area (Å²) in [5.74, 6) is 1.27. The summed E-state index contributed by atoms with van der Waals surface area (Å²) in [6.07, 6.45) is 4.54. The van der Waals surface area contributed by atoms with E-state index in [2.05, 4.69) is 14.9 Å². The molecule has 0 N–H and O–H groups in total. The van der Waals surface area contributed by atoms with E-state index in [1.807, 2.05) is 6.07 Å². The maximum Gasteiger partial charge on any atom is 0.136 e. The van der Waals surface area contributed by atoms with Crippen molar-refractivity contribution in [3.05, 3.63) is 18.6 Å². The van der Waals surface area contributed by atoms with Crippen LogP contribution in [0.1, 0.15) is 12.8 Å². The molecule has 13 heavy (non-hydrogen) atoms. The van der Waals surface area contributed by atoms with Gasteiger partial charge in [-0.25, -0.2) is 9.97 Å². The van der Waals surface area contributed by atoms with Crippen LogP contribution in [0.25, 0.3) is 0 Å². The van der Waals surface area contributed by atoms with Crippen LogP contribution in [0.15, 0.2) is 18.6 Å². The van der Waals surface area contributed by atoms with E-state index in [1.165, 1.54) is 6.33 Å². The Morgan fingerprint density at radius 3 is 2.69 bits per heavy atom. The third-order valence-electron chi connectivity index (χ3n) is 2.21. The van der Waals surface area contributed by atoms with Crippen LogP contribution in [-0.4, -0.2) is 28.8 Å². The summed E-state index contributed by atoms with van der Waals surface area (Å²) in [4.78, 5) is 21.1. The van der Waals surface area contributed by atoms with Crippen LogP contribution in [-0.2, 0) is 4.79 Å². The first-order chi connectivity index (χ1) is 6.36. The number of ketones is 1. The summed E-state index contributed by atoms with van der Waals surface area (Å²) in [6, 6.07) is 1.87. The molecule has 1 aromatic rings. The second-order valence-electron chi connectivity index (χ2n) is 3.09. The number of hydrogen-bond donors (Lipinski definition) is 0. The van der Waals surface area contributed by atoms with E-state index >= 15 is 0 Å². The molecular weight excluding hydrogens is 166 g/mol. The van der Waals surface area contributed by atoms with Crippen LogP contribution in [0.3, 0.4) is 0 Å². The van der Waals surface area contributed by atoms with E-state index in [-0.39, 0.29) is 0 Å². The molecule has 0 radical (unpaired) electrons. The molecule has 2 heterocycles. The highest BCUT2D eigenvalue weighted by atomic mass is 16.1. The largest absolute Gasteiger partial charge is 0.356 e. The molecule has 4 nitrogen and oxygen atoms in total. The van der Waals surface area contributed by atoms with E-state index in [9.17, 15) is 4.79 Å². The number of piperidine rings is 1. The zero-order valence-electron chi connectivity index (χ0n) is 7.31. The maximum atomic E-state index is 11.0. The lowest BCUT2D eigenvalue weighted by Gasteiger charge is -2.26. The fourth-order valence-electron chi connectivity index (χ4n) is 1.46. The minimum absolute atomic E-state index is 0.352. The number of anilines is 1. The monoisotopic (exact) mass is 177 g/mol. The molecule has 1 aliphatic rings. The SMILES string of the molecule is O=C1CCN(c2ccncn2)CC1. The van der Waals surface area contributed by atoms with Crippen LogP contribution in [0, 0.1) is 0 Å². The van der Waals surface area contributed by atoms with Crippen LogP contribution in [0.2, 0.25) is 0 Å². The van der Waals surface area contributed by atoms with Crippen molar-refractivity contribution in [1.82, 2.24) is 9.97 Å². The Kier molecular flexibility index (Phi) is 2.21. The quantitative estimate of drug-likeness (QED) is 0.631. The van der Waals surface area contributed by atoms with E-state index in [4.69, 9.17) is 0 Å². The first-order valence-electron chi connectivity index (χ1n) is 4.39. The molecule has 1 aromatic heterocycles. The molecule has 1 saturated heterocycles. The Hall–Kier alpha value is -1.45. The number of carbonyl (C=O) groups excluding carboxylic acids is 1. The number of aromatic nitrogens is 2. The lowest BCUT2D eigenvalue weighted by Crippen LogP contribution is -2.34. The standard InChI is InChI=1S/C9H11N3O/c13-8-2-5-12(6-3-8)9-1-4-10-7-11-9/h1,4,7H,2-3,5-6H2. The molecule has 0 unspecified atom stereocenters.